The third-order valence-corrected chi connectivity index (χ3v) is 0.608. The molecule has 0 aromatic carbocycles. The van der Waals surface area contributed by atoms with E-state index in [1.54, 1.807) is 0 Å². The lowest BCUT2D eigenvalue weighted by Crippen LogP contribution is -2.25. The number of halogens is 1. The van der Waals surface area contributed by atoms with Crippen LogP contribution in [0, 0.1) is 0 Å². The van der Waals surface area contributed by atoms with Crippen molar-refractivity contribution in [3.63, 3.8) is 0 Å². The van der Waals surface area contributed by atoms with Gasteiger partial charge in [-0.3, -0.25) is 4.79 Å². The van der Waals surface area contributed by atoms with Crippen molar-refractivity contribution in [3.8, 4) is 0 Å². The highest BCUT2D eigenvalue weighted by molar-refractivity contribution is 5.79. The van der Waals surface area contributed by atoms with Crippen molar-refractivity contribution < 1.29 is 9.18 Å². The first-order valence-electron chi connectivity index (χ1n) is 2.04. The number of rotatable bonds is 1. The van der Waals surface area contributed by atoms with Crippen LogP contribution in [0.2, 0.25) is 0 Å². The molecular formula is C4H8FNO. The molecule has 0 aliphatic carbocycles. The Morgan fingerprint density at radius 1 is 1.86 bits per heavy atom. The fourth-order valence-electron chi connectivity index (χ4n) is 0.199. The van der Waals surface area contributed by atoms with E-state index in [-0.39, 0.29) is 0 Å². The molecule has 0 heterocycles. The maximum atomic E-state index is 11.7. The Labute approximate surface area is 41.7 Å². The predicted molar refractivity (Wildman–Crippen MR) is 24.6 cm³/mol. The van der Waals surface area contributed by atoms with Crippen LogP contribution in [0.4, 0.5) is 4.39 Å². The Balaban J connectivity index is 3.35. The van der Waals surface area contributed by atoms with Gasteiger partial charge in [-0.1, -0.05) is 0 Å². The van der Waals surface area contributed by atoms with E-state index in [0.29, 0.717) is 0 Å². The van der Waals surface area contributed by atoms with E-state index in [1.165, 1.54) is 14.0 Å². The number of hydrogen-bond acceptors (Lipinski definition) is 1. The first kappa shape index (κ1) is 6.40. The monoisotopic (exact) mass is 105 g/mol. The van der Waals surface area contributed by atoms with Crippen LogP contribution in [-0.2, 0) is 4.79 Å². The summed E-state index contributed by atoms with van der Waals surface area (Å²) in [4.78, 5) is 10.0. The quantitative estimate of drug-likeness (QED) is 0.503. The summed E-state index contributed by atoms with van der Waals surface area (Å²) in [5.41, 5.74) is 0. The molecule has 0 aromatic heterocycles. The van der Waals surface area contributed by atoms with Crippen LogP contribution in [-0.4, -0.2) is 19.1 Å². The molecule has 0 saturated carbocycles. The smallest absolute Gasteiger partial charge is 0.253 e. The second-order valence-electron chi connectivity index (χ2n) is 1.23. The summed E-state index contributed by atoms with van der Waals surface area (Å²) < 4.78 is 11.7. The summed E-state index contributed by atoms with van der Waals surface area (Å²) in [7, 11) is 1.40. The van der Waals surface area contributed by atoms with Crippen molar-refractivity contribution in [3.05, 3.63) is 0 Å². The van der Waals surface area contributed by atoms with Gasteiger partial charge >= 0.3 is 0 Å². The summed E-state index contributed by atoms with van der Waals surface area (Å²) in [6, 6.07) is 0. The fourth-order valence-corrected chi connectivity index (χ4v) is 0.199. The normalized spacial score (nSPS) is 13.0. The van der Waals surface area contributed by atoms with Crippen molar-refractivity contribution >= 4 is 5.91 Å². The van der Waals surface area contributed by atoms with E-state index in [2.05, 4.69) is 5.32 Å². The van der Waals surface area contributed by atoms with Crippen LogP contribution < -0.4 is 5.32 Å². The van der Waals surface area contributed by atoms with Crippen molar-refractivity contribution in [1.82, 2.24) is 5.32 Å². The Kier molecular flexibility index (Phi) is 2.33. The lowest BCUT2D eigenvalue weighted by atomic mass is 10.4. The molecule has 1 atom stereocenters. The second kappa shape index (κ2) is 2.55. The molecular weight excluding hydrogens is 97.0 g/mol. The van der Waals surface area contributed by atoms with E-state index in [1.807, 2.05) is 0 Å². The van der Waals surface area contributed by atoms with Crippen molar-refractivity contribution in [1.29, 1.82) is 0 Å². The third kappa shape index (κ3) is 2.14. The van der Waals surface area contributed by atoms with Gasteiger partial charge in [0.25, 0.3) is 5.91 Å². The molecule has 7 heavy (non-hydrogen) atoms. The van der Waals surface area contributed by atoms with Crippen LogP contribution in [0.1, 0.15) is 6.92 Å². The van der Waals surface area contributed by atoms with Gasteiger partial charge in [-0.05, 0) is 6.92 Å². The maximum Gasteiger partial charge on any atom is 0.253 e. The summed E-state index contributed by atoms with van der Waals surface area (Å²) in [5, 5.41) is 2.15. The zero-order valence-corrected chi connectivity index (χ0v) is 4.36. The summed E-state index contributed by atoms with van der Waals surface area (Å²) >= 11 is 0. The molecule has 1 amide bonds. The van der Waals surface area contributed by atoms with Gasteiger partial charge in [0.15, 0.2) is 6.17 Å². The molecule has 1 N–H and O–H groups in total. The topological polar surface area (TPSA) is 29.1 Å². The molecule has 0 radical (unpaired) electrons. The van der Waals surface area contributed by atoms with Crippen LogP contribution in [0.3, 0.4) is 0 Å². The van der Waals surface area contributed by atoms with Crippen LogP contribution in [0.25, 0.3) is 0 Å². The number of nitrogens with one attached hydrogen (secondary N) is 1. The first-order valence-corrected chi connectivity index (χ1v) is 2.04. The van der Waals surface area contributed by atoms with Gasteiger partial charge in [0.1, 0.15) is 0 Å². The number of carbonyl (C=O) groups excluding carboxylic acids is 1. The Morgan fingerprint density at radius 3 is 2.29 bits per heavy atom. The minimum atomic E-state index is -1.38. The molecule has 0 saturated heterocycles. The minimum absolute atomic E-state index is 0.569. The molecule has 0 bridgehead atoms. The van der Waals surface area contributed by atoms with Gasteiger partial charge < -0.3 is 5.32 Å². The minimum Gasteiger partial charge on any atom is -0.357 e. The number of hydrogen-bond donors (Lipinski definition) is 1. The molecule has 0 aromatic rings. The standard InChI is InChI=1S/C4H8FNO/c1-3(5)4(7)6-2/h3H,1-2H3,(H,6,7)/t3-/m0/s1. The van der Waals surface area contributed by atoms with Crippen LogP contribution >= 0.6 is 0 Å². The van der Waals surface area contributed by atoms with E-state index in [4.69, 9.17) is 0 Å². The van der Waals surface area contributed by atoms with Gasteiger partial charge in [0.2, 0.25) is 0 Å². The Bertz CT molecular complexity index is 72.1. The van der Waals surface area contributed by atoms with Crippen molar-refractivity contribution in [2.24, 2.45) is 0 Å². The van der Waals surface area contributed by atoms with Gasteiger partial charge in [-0.25, -0.2) is 4.39 Å². The molecule has 0 aliphatic rings. The number of amides is 1. The molecule has 0 rings (SSSR count). The van der Waals surface area contributed by atoms with E-state index in [9.17, 15) is 9.18 Å². The fraction of sp³-hybridized carbons (Fsp3) is 0.750. The Hall–Kier alpha value is -0.600. The first-order chi connectivity index (χ1) is 3.18. The average molecular weight is 105 g/mol. The van der Waals surface area contributed by atoms with E-state index < -0.39 is 12.1 Å². The SMILES string of the molecule is CNC(=O)[C@H](C)F. The number of carbonyl (C=O) groups is 1. The van der Waals surface area contributed by atoms with Crippen LogP contribution in [0.5, 0.6) is 0 Å². The van der Waals surface area contributed by atoms with Crippen LogP contribution in [0.15, 0.2) is 0 Å². The molecule has 3 heteroatoms. The maximum absolute atomic E-state index is 11.7. The second-order valence-corrected chi connectivity index (χ2v) is 1.23. The lowest BCUT2D eigenvalue weighted by molar-refractivity contribution is -0.124. The summed E-state index contributed by atoms with van der Waals surface area (Å²) in [6.45, 7) is 1.19. The molecule has 0 aliphatic heterocycles. The van der Waals surface area contributed by atoms with Crippen molar-refractivity contribution in [2.45, 2.75) is 13.1 Å². The highest BCUT2D eigenvalue weighted by atomic mass is 19.1. The third-order valence-electron chi connectivity index (χ3n) is 0.608. The summed E-state index contributed by atoms with van der Waals surface area (Å²) in [6.07, 6.45) is -1.38. The zero-order valence-electron chi connectivity index (χ0n) is 4.36. The molecule has 2 nitrogen and oxygen atoms in total. The van der Waals surface area contributed by atoms with Gasteiger partial charge in [0.05, 0.1) is 0 Å². The van der Waals surface area contributed by atoms with E-state index >= 15 is 0 Å². The van der Waals surface area contributed by atoms with Crippen molar-refractivity contribution in [2.75, 3.05) is 7.05 Å². The zero-order chi connectivity index (χ0) is 5.86. The molecule has 0 fully saturated rings. The highest BCUT2D eigenvalue weighted by Gasteiger charge is 2.05. The lowest BCUT2D eigenvalue weighted by Gasteiger charge is -1.95. The predicted octanol–water partition coefficient (Wildman–Crippen LogP) is 0.0904. The highest BCUT2D eigenvalue weighted by Crippen LogP contribution is 1.83. The van der Waals surface area contributed by atoms with Gasteiger partial charge in [0, 0.05) is 7.05 Å². The summed E-state index contributed by atoms with van der Waals surface area (Å²) in [5.74, 6) is -0.569. The Morgan fingerprint density at radius 2 is 2.29 bits per heavy atom. The average Bonchev–Trinajstić information content (AvgIpc) is 1.65. The number of alkyl halides is 1. The molecule has 0 unspecified atom stereocenters. The van der Waals surface area contributed by atoms with Gasteiger partial charge in [-0.2, -0.15) is 0 Å². The largest absolute Gasteiger partial charge is 0.357 e. The molecule has 42 valence electrons. The molecule has 0 spiro atoms. The van der Waals surface area contributed by atoms with E-state index in [0.717, 1.165) is 0 Å². The van der Waals surface area contributed by atoms with Gasteiger partial charge in [-0.15, -0.1) is 0 Å².